The molecule has 0 spiro atoms. The highest BCUT2D eigenvalue weighted by molar-refractivity contribution is 7.91. The normalized spacial score (nSPS) is 24.9. The van der Waals surface area contributed by atoms with Crippen molar-refractivity contribution in [3.63, 3.8) is 0 Å². The van der Waals surface area contributed by atoms with Gasteiger partial charge in [0.15, 0.2) is 6.23 Å². The number of ether oxygens (including phenoxy) is 1. The third-order valence-corrected chi connectivity index (χ3v) is 7.48. The Bertz CT molecular complexity index is 1130. The van der Waals surface area contributed by atoms with Gasteiger partial charge in [0, 0.05) is 11.2 Å². The number of nitrogens with two attached hydrogens (primary N) is 1. The number of primary amides is 1. The number of fused-ring (bicyclic) bond motifs is 1. The summed E-state index contributed by atoms with van der Waals surface area (Å²) in [7, 11) is -3.84. The number of aliphatic hydroxyl groups is 2. The third kappa shape index (κ3) is 3.75. The largest absolute Gasteiger partial charge is 0.387 e. The molecule has 4 atom stereocenters. The summed E-state index contributed by atoms with van der Waals surface area (Å²) < 4.78 is 35.1. The highest BCUT2D eigenvalue weighted by Crippen LogP contribution is 2.30. The Morgan fingerprint density at radius 1 is 1.31 bits per heavy atom. The van der Waals surface area contributed by atoms with E-state index in [0.717, 1.165) is 32.4 Å². The molecule has 0 aliphatic carbocycles. The van der Waals surface area contributed by atoms with Crippen LogP contribution >= 0.6 is 11.3 Å². The Labute approximate surface area is 168 Å². The number of hydrogen-bond acceptors (Lipinski definition) is 9. The summed E-state index contributed by atoms with van der Waals surface area (Å²) in [4.78, 5) is 14.8. The predicted octanol–water partition coefficient (Wildman–Crippen LogP) is -0.811. The lowest BCUT2D eigenvalue weighted by Gasteiger charge is -2.14. The number of aliphatic hydroxyl groups excluding tert-OH is 2. The summed E-state index contributed by atoms with van der Waals surface area (Å²) in [6.07, 6.45) is -3.85. The van der Waals surface area contributed by atoms with E-state index in [1.54, 1.807) is 6.07 Å². The van der Waals surface area contributed by atoms with Crippen LogP contribution in [0.3, 0.4) is 0 Å². The van der Waals surface area contributed by atoms with Gasteiger partial charge in [-0.05, 0) is 17.5 Å². The minimum Gasteiger partial charge on any atom is -0.387 e. The second-order valence-electron chi connectivity index (χ2n) is 6.41. The fourth-order valence-corrected chi connectivity index (χ4v) is 5.47. The van der Waals surface area contributed by atoms with Gasteiger partial charge in [0.1, 0.15) is 28.8 Å². The molecule has 1 saturated heterocycles. The van der Waals surface area contributed by atoms with Crippen molar-refractivity contribution >= 4 is 37.4 Å². The zero-order valence-electron chi connectivity index (χ0n) is 14.7. The second-order valence-corrected chi connectivity index (χ2v) is 9.49. The van der Waals surface area contributed by atoms with Gasteiger partial charge >= 0.3 is 0 Å². The first-order chi connectivity index (χ1) is 13.8. The molecule has 0 bridgehead atoms. The van der Waals surface area contributed by atoms with Crippen molar-refractivity contribution in [2.24, 2.45) is 5.73 Å². The van der Waals surface area contributed by atoms with Crippen molar-refractivity contribution in [1.82, 2.24) is 19.5 Å². The van der Waals surface area contributed by atoms with Crippen molar-refractivity contribution < 1.29 is 28.2 Å². The number of rotatable bonds is 6. The van der Waals surface area contributed by atoms with Crippen LogP contribution in [-0.4, -0.2) is 64.2 Å². The fraction of sp³-hybridized carbons (Fsp3) is 0.312. The molecule has 1 fully saturated rings. The SMILES string of the molecule is NC(=O)c1ncn([C@@H]2O[C@H](CNS(=O)(=O)c3cc4ccccc4s3)[C@@H](O)[C@H]2O)n1. The minimum absolute atomic E-state index is 0.130. The number of carbonyl (C=O) groups excluding carboxylic acids is 1. The Hall–Kier alpha value is -2.42. The summed E-state index contributed by atoms with van der Waals surface area (Å²) in [5.74, 6) is -1.13. The second kappa shape index (κ2) is 7.44. The number of amides is 1. The van der Waals surface area contributed by atoms with Gasteiger partial charge in [0.05, 0.1) is 0 Å². The van der Waals surface area contributed by atoms with Crippen LogP contribution in [0.2, 0.25) is 0 Å². The predicted molar refractivity (Wildman–Crippen MR) is 101 cm³/mol. The van der Waals surface area contributed by atoms with Gasteiger partial charge in [0.2, 0.25) is 15.8 Å². The van der Waals surface area contributed by atoms with E-state index < -0.39 is 40.5 Å². The summed E-state index contributed by atoms with van der Waals surface area (Å²) in [5, 5.41) is 25.0. The Balaban J connectivity index is 1.46. The number of sulfonamides is 1. The number of carbonyl (C=O) groups is 1. The summed E-state index contributed by atoms with van der Waals surface area (Å²) in [6.45, 7) is -0.275. The lowest BCUT2D eigenvalue weighted by Crippen LogP contribution is -2.39. The van der Waals surface area contributed by atoms with Crippen molar-refractivity contribution in [3.05, 3.63) is 42.5 Å². The molecule has 5 N–H and O–H groups in total. The molecule has 13 heteroatoms. The van der Waals surface area contributed by atoms with E-state index in [0.29, 0.717) is 0 Å². The van der Waals surface area contributed by atoms with Crippen LogP contribution in [-0.2, 0) is 14.8 Å². The molecule has 0 unspecified atom stereocenters. The van der Waals surface area contributed by atoms with Crippen LogP contribution in [0.15, 0.2) is 40.9 Å². The van der Waals surface area contributed by atoms with Crippen LogP contribution in [0.4, 0.5) is 0 Å². The lowest BCUT2D eigenvalue weighted by molar-refractivity contribution is -0.0428. The quantitative estimate of drug-likeness (QED) is 0.386. The molecule has 3 aromatic rings. The van der Waals surface area contributed by atoms with E-state index in [1.807, 2.05) is 24.3 Å². The molecule has 3 heterocycles. The fourth-order valence-electron chi connectivity index (χ4n) is 2.98. The molecule has 0 saturated carbocycles. The molecule has 4 rings (SSSR count). The standard InChI is InChI=1S/C16H17N5O6S2/c17-14(24)15-18-7-21(20-15)16-13(23)12(22)9(27-16)6-19-29(25,26)11-5-8-3-1-2-4-10(8)28-11/h1-5,7,9,12-13,16,19,22-23H,6H2,(H2,17,24)/t9-,12-,13-,16-/m1/s1. The van der Waals surface area contributed by atoms with Crippen LogP contribution in [0, 0.1) is 0 Å². The first kappa shape index (κ1) is 19.9. The number of aromatic nitrogens is 3. The zero-order chi connectivity index (χ0) is 20.8. The molecular weight excluding hydrogens is 422 g/mol. The smallest absolute Gasteiger partial charge is 0.288 e. The van der Waals surface area contributed by atoms with E-state index in [-0.39, 0.29) is 16.6 Å². The summed E-state index contributed by atoms with van der Waals surface area (Å²) >= 11 is 1.12. The van der Waals surface area contributed by atoms with E-state index in [4.69, 9.17) is 10.5 Å². The molecule has 11 nitrogen and oxygen atoms in total. The van der Waals surface area contributed by atoms with Gasteiger partial charge in [-0.1, -0.05) is 18.2 Å². The molecule has 29 heavy (non-hydrogen) atoms. The Kier molecular flexibility index (Phi) is 5.10. The number of nitrogens with zero attached hydrogens (tertiary/aromatic N) is 3. The van der Waals surface area contributed by atoms with Gasteiger partial charge in [-0.25, -0.2) is 22.8 Å². The number of benzene rings is 1. The van der Waals surface area contributed by atoms with Gasteiger partial charge in [-0.15, -0.1) is 16.4 Å². The molecule has 154 valence electrons. The van der Waals surface area contributed by atoms with E-state index >= 15 is 0 Å². The Morgan fingerprint density at radius 3 is 2.76 bits per heavy atom. The topological polar surface area (TPSA) is 170 Å². The van der Waals surface area contributed by atoms with Crippen LogP contribution in [0.1, 0.15) is 16.8 Å². The maximum Gasteiger partial charge on any atom is 0.288 e. The number of nitrogens with one attached hydrogen (secondary N) is 1. The van der Waals surface area contributed by atoms with Crippen molar-refractivity contribution in [3.8, 4) is 0 Å². The lowest BCUT2D eigenvalue weighted by atomic mass is 10.1. The van der Waals surface area contributed by atoms with Crippen molar-refractivity contribution in [2.45, 2.75) is 28.7 Å². The van der Waals surface area contributed by atoms with Crippen LogP contribution in [0.25, 0.3) is 10.1 Å². The summed E-state index contributed by atoms with van der Waals surface area (Å²) in [6, 6.07) is 8.83. The third-order valence-electron chi connectivity index (χ3n) is 4.47. The first-order valence-electron chi connectivity index (χ1n) is 8.47. The van der Waals surface area contributed by atoms with Crippen LogP contribution in [0.5, 0.6) is 0 Å². The summed E-state index contributed by atoms with van der Waals surface area (Å²) in [5.41, 5.74) is 5.09. The molecule has 1 aliphatic heterocycles. The Morgan fingerprint density at radius 2 is 2.07 bits per heavy atom. The molecule has 0 radical (unpaired) electrons. The monoisotopic (exact) mass is 439 g/mol. The zero-order valence-corrected chi connectivity index (χ0v) is 16.4. The van der Waals surface area contributed by atoms with E-state index in [2.05, 4.69) is 14.8 Å². The average molecular weight is 439 g/mol. The van der Waals surface area contributed by atoms with Crippen molar-refractivity contribution in [2.75, 3.05) is 6.54 Å². The van der Waals surface area contributed by atoms with Gasteiger partial charge in [0.25, 0.3) is 5.91 Å². The van der Waals surface area contributed by atoms with Gasteiger partial charge in [-0.2, -0.15) is 0 Å². The molecular formula is C16H17N5O6S2. The molecule has 2 aromatic heterocycles. The highest BCUT2D eigenvalue weighted by atomic mass is 32.2. The molecule has 1 amide bonds. The molecule has 1 aliphatic rings. The highest BCUT2D eigenvalue weighted by Gasteiger charge is 2.44. The van der Waals surface area contributed by atoms with Gasteiger partial charge < -0.3 is 20.7 Å². The molecule has 1 aromatic carbocycles. The number of thiophene rings is 1. The van der Waals surface area contributed by atoms with Crippen molar-refractivity contribution in [1.29, 1.82) is 0 Å². The van der Waals surface area contributed by atoms with Crippen LogP contribution < -0.4 is 10.5 Å². The maximum atomic E-state index is 12.6. The minimum atomic E-state index is -3.84. The maximum absolute atomic E-state index is 12.6. The average Bonchev–Trinajstić information content (AvgIpc) is 3.39. The van der Waals surface area contributed by atoms with E-state index in [1.165, 1.54) is 0 Å². The first-order valence-corrected chi connectivity index (χ1v) is 10.8. The van der Waals surface area contributed by atoms with E-state index in [9.17, 15) is 23.4 Å². The van der Waals surface area contributed by atoms with Gasteiger partial charge in [-0.3, -0.25) is 4.79 Å². The number of hydrogen-bond donors (Lipinski definition) is 4.